The van der Waals surface area contributed by atoms with Crippen molar-refractivity contribution in [3.05, 3.63) is 11.1 Å². The lowest BCUT2D eigenvalue weighted by Gasteiger charge is -2.39. The molecule has 2 saturated heterocycles. The number of amides is 2. The molecule has 2 amide bonds. The van der Waals surface area contributed by atoms with Crippen molar-refractivity contribution in [2.75, 3.05) is 18.0 Å². The van der Waals surface area contributed by atoms with Crippen molar-refractivity contribution in [3.63, 3.8) is 0 Å². The number of hydrogen-bond donors (Lipinski definition) is 3. The summed E-state index contributed by atoms with van der Waals surface area (Å²) in [5, 5.41) is 14.9. The van der Waals surface area contributed by atoms with Crippen LogP contribution in [0.5, 0.6) is 0 Å². The van der Waals surface area contributed by atoms with E-state index < -0.39 is 73.8 Å². The second-order valence-corrected chi connectivity index (χ2v) is 9.40. The number of anilines is 1. The van der Waals surface area contributed by atoms with E-state index in [9.17, 15) is 32.3 Å². The van der Waals surface area contributed by atoms with E-state index in [1.807, 2.05) is 13.8 Å². The zero-order valence-electron chi connectivity index (χ0n) is 18.8. The second-order valence-electron chi connectivity index (χ2n) is 8.56. The lowest BCUT2D eigenvalue weighted by atomic mass is 9.74. The third-order valence-electron chi connectivity index (χ3n) is 5.33. The average molecular weight is 520 g/mol. The molecule has 1 aromatic heterocycles. The molecule has 0 aromatic carbocycles. The van der Waals surface area contributed by atoms with E-state index in [2.05, 4.69) is 15.6 Å². The first kappa shape index (κ1) is 26.7. The number of carboxylic acid groups (broad SMARTS) is 1. The van der Waals surface area contributed by atoms with Crippen molar-refractivity contribution in [3.8, 4) is 0 Å². The first-order valence-electron chi connectivity index (χ1n) is 10.8. The standard InChI is InChI=1S/C19H24BF3N4O7S/c1-9(2)5-13(20-33-11(6-15(29)30)17(32)34-20)26-14(28)7-24-16(31)10-3-4-27(10)18-25-12(8-35-18)19(21,22)23/h8-11,13H,3-7H2,1-2H3,(H,24,31)(H,26,28)(H,29,30)/t10-,11-,13-/m0/s1. The van der Waals surface area contributed by atoms with Crippen LogP contribution in [0.4, 0.5) is 18.3 Å². The Morgan fingerprint density at radius 1 is 1.37 bits per heavy atom. The molecular weight excluding hydrogens is 496 g/mol. The molecule has 3 N–H and O–H groups in total. The largest absolute Gasteiger partial charge is 0.552 e. The topological polar surface area (TPSA) is 147 Å². The number of carbonyl (C=O) groups is 4. The Balaban J connectivity index is 1.53. The number of carbonyl (C=O) groups excluding carboxylic acids is 3. The van der Waals surface area contributed by atoms with Crippen LogP contribution in [0.3, 0.4) is 0 Å². The first-order valence-corrected chi connectivity index (χ1v) is 11.7. The van der Waals surface area contributed by atoms with Crippen molar-refractivity contribution in [2.24, 2.45) is 5.92 Å². The molecule has 2 fully saturated rings. The number of thiazole rings is 1. The molecule has 16 heteroatoms. The number of hydrogen-bond acceptors (Lipinski definition) is 9. The van der Waals surface area contributed by atoms with Crippen LogP contribution in [-0.2, 0) is 34.7 Å². The van der Waals surface area contributed by atoms with Gasteiger partial charge in [-0.05, 0) is 18.8 Å². The Morgan fingerprint density at radius 2 is 2.09 bits per heavy atom. The van der Waals surface area contributed by atoms with E-state index in [4.69, 9.17) is 14.4 Å². The molecule has 0 unspecified atom stereocenters. The van der Waals surface area contributed by atoms with Crippen molar-refractivity contribution in [1.82, 2.24) is 15.6 Å². The van der Waals surface area contributed by atoms with Crippen LogP contribution in [0.25, 0.3) is 0 Å². The van der Waals surface area contributed by atoms with Crippen LogP contribution in [0.1, 0.15) is 38.8 Å². The fraction of sp³-hybridized carbons (Fsp3) is 0.632. The lowest BCUT2D eigenvalue weighted by molar-refractivity contribution is -0.145. The van der Waals surface area contributed by atoms with Crippen LogP contribution in [0.15, 0.2) is 5.38 Å². The van der Waals surface area contributed by atoms with E-state index in [-0.39, 0.29) is 11.0 Å². The van der Waals surface area contributed by atoms with Crippen LogP contribution >= 0.6 is 11.3 Å². The molecule has 11 nitrogen and oxygen atoms in total. The van der Waals surface area contributed by atoms with Gasteiger partial charge in [-0.1, -0.05) is 13.8 Å². The maximum Gasteiger partial charge on any atom is 0.552 e. The molecule has 192 valence electrons. The summed E-state index contributed by atoms with van der Waals surface area (Å²) in [5.74, 6) is -3.95. The quantitative estimate of drug-likeness (QED) is 0.382. The lowest BCUT2D eigenvalue weighted by Crippen LogP contribution is -2.58. The third kappa shape index (κ3) is 6.84. The molecule has 0 aliphatic carbocycles. The number of aliphatic carboxylic acids is 1. The summed E-state index contributed by atoms with van der Waals surface area (Å²) in [6.07, 6.45) is -5.69. The average Bonchev–Trinajstić information content (AvgIpc) is 3.32. The van der Waals surface area contributed by atoms with E-state index >= 15 is 0 Å². The van der Waals surface area contributed by atoms with E-state index in [0.717, 1.165) is 16.7 Å². The molecule has 0 radical (unpaired) electrons. The van der Waals surface area contributed by atoms with Gasteiger partial charge in [-0.25, -0.2) is 4.98 Å². The summed E-state index contributed by atoms with van der Waals surface area (Å²) in [6, 6.07) is -0.752. The summed E-state index contributed by atoms with van der Waals surface area (Å²) >= 11 is 0.781. The molecule has 0 saturated carbocycles. The Bertz CT molecular complexity index is 976. The molecule has 2 aliphatic rings. The summed E-state index contributed by atoms with van der Waals surface area (Å²) in [4.78, 5) is 52.7. The number of carboxylic acids is 1. The molecular formula is C19H24BF3N4O7S. The highest BCUT2D eigenvalue weighted by Gasteiger charge is 2.47. The molecule has 3 heterocycles. The first-order chi connectivity index (χ1) is 16.3. The fourth-order valence-corrected chi connectivity index (χ4v) is 4.52. The molecule has 3 atom stereocenters. The number of aromatic nitrogens is 1. The number of nitrogens with zero attached hydrogens (tertiary/aromatic N) is 2. The number of halogens is 3. The van der Waals surface area contributed by atoms with Gasteiger partial charge >= 0.3 is 25.2 Å². The Kier molecular flexibility index (Phi) is 8.25. The van der Waals surface area contributed by atoms with Gasteiger partial charge in [-0.3, -0.25) is 19.2 Å². The van der Waals surface area contributed by atoms with Crippen molar-refractivity contribution < 1.29 is 46.8 Å². The van der Waals surface area contributed by atoms with Crippen LogP contribution < -0.4 is 15.5 Å². The van der Waals surface area contributed by atoms with Crippen molar-refractivity contribution >= 4 is 47.3 Å². The van der Waals surface area contributed by atoms with E-state index in [1.165, 1.54) is 4.90 Å². The maximum atomic E-state index is 12.8. The zero-order chi connectivity index (χ0) is 25.9. The minimum absolute atomic E-state index is 0.0548. The molecule has 3 rings (SSSR count). The smallest absolute Gasteiger partial charge is 0.506 e. The Labute approximate surface area is 202 Å². The van der Waals surface area contributed by atoms with Crippen molar-refractivity contribution in [2.45, 2.75) is 57.4 Å². The van der Waals surface area contributed by atoms with Crippen LogP contribution in [0.2, 0.25) is 0 Å². The van der Waals surface area contributed by atoms with Gasteiger partial charge in [0.25, 0.3) is 0 Å². The molecule has 1 aromatic rings. The molecule has 0 spiro atoms. The zero-order valence-corrected chi connectivity index (χ0v) is 19.6. The number of nitrogens with one attached hydrogen (secondary N) is 2. The second kappa shape index (κ2) is 10.8. The third-order valence-corrected chi connectivity index (χ3v) is 6.21. The van der Waals surface area contributed by atoms with Gasteiger partial charge in [0.05, 0.1) is 18.9 Å². The minimum Gasteiger partial charge on any atom is -0.506 e. The number of alkyl halides is 3. The van der Waals surface area contributed by atoms with Gasteiger partial charge < -0.3 is 29.9 Å². The predicted octanol–water partition coefficient (Wildman–Crippen LogP) is 0.832. The molecule has 2 aliphatic heterocycles. The Morgan fingerprint density at radius 3 is 2.63 bits per heavy atom. The fourth-order valence-electron chi connectivity index (χ4n) is 3.61. The normalized spacial score (nSPS) is 20.9. The van der Waals surface area contributed by atoms with Gasteiger partial charge in [-0.2, -0.15) is 13.2 Å². The van der Waals surface area contributed by atoms with Gasteiger partial charge in [-0.15, -0.1) is 11.3 Å². The Hall–Kier alpha value is -2.88. The van der Waals surface area contributed by atoms with Crippen LogP contribution in [0, 0.1) is 5.92 Å². The maximum absolute atomic E-state index is 12.8. The summed E-state index contributed by atoms with van der Waals surface area (Å²) < 4.78 is 48.8. The van der Waals surface area contributed by atoms with Crippen LogP contribution in [-0.4, -0.2) is 72.1 Å². The molecule has 35 heavy (non-hydrogen) atoms. The van der Waals surface area contributed by atoms with Gasteiger partial charge in [0.1, 0.15) is 6.04 Å². The van der Waals surface area contributed by atoms with Gasteiger partial charge in [0.15, 0.2) is 16.9 Å². The van der Waals surface area contributed by atoms with Gasteiger partial charge in [0, 0.05) is 11.9 Å². The highest BCUT2D eigenvalue weighted by Crippen LogP contribution is 2.35. The SMILES string of the molecule is CC(C)C[C@H](NC(=O)CNC(=O)[C@@H]1CCN1c1nc(C(F)(F)F)cs1)B1OC(=O)[C@H](CC(=O)O)O1. The summed E-state index contributed by atoms with van der Waals surface area (Å²) in [6.45, 7) is 3.65. The number of rotatable bonds is 10. The van der Waals surface area contributed by atoms with E-state index in [0.29, 0.717) is 19.4 Å². The van der Waals surface area contributed by atoms with Crippen molar-refractivity contribution in [1.29, 1.82) is 0 Å². The van der Waals surface area contributed by atoms with Gasteiger partial charge in [0.2, 0.25) is 11.8 Å². The van der Waals surface area contributed by atoms with E-state index in [1.54, 1.807) is 0 Å². The minimum atomic E-state index is -4.58. The monoisotopic (exact) mass is 520 g/mol. The predicted molar refractivity (Wildman–Crippen MR) is 116 cm³/mol. The summed E-state index contributed by atoms with van der Waals surface area (Å²) in [5.41, 5.74) is -1.03. The highest BCUT2D eigenvalue weighted by molar-refractivity contribution is 7.13. The highest BCUT2D eigenvalue weighted by atomic mass is 32.1. The molecule has 0 bridgehead atoms. The summed E-state index contributed by atoms with van der Waals surface area (Å²) in [7, 11) is -1.18.